The van der Waals surface area contributed by atoms with Crippen LogP contribution in [-0.2, 0) is 9.59 Å². The summed E-state index contributed by atoms with van der Waals surface area (Å²) >= 11 is 3.44. The minimum Gasteiger partial charge on any atom is -0.507 e. The first kappa shape index (κ1) is 25.0. The van der Waals surface area contributed by atoms with Gasteiger partial charge in [0.25, 0.3) is 11.7 Å². The van der Waals surface area contributed by atoms with Crippen LogP contribution in [0.25, 0.3) is 5.76 Å². The molecule has 33 heavy (non-hydrogen) atoms. The first-order valence-electron chi connectivity index (χ1n) is 11.1. The topological polar surface area (TPSA) is 70.1 Å². The lowest BCUT2D eigenvalue weighted by molar-refractivity contribution is -0.139. The van der Waals surface area contributed by atoms with Gasteiger partial charge in [-0.1, -0.05) is 28.1 Å². The van der Waals surface area contributed by atoms with E-state index < -0.39 is 17.7 Å². The lowest BCUT2D eigenvalue weighted by atomic mass is 9.94. The fraction of sp³-hybridized carbons (Fsp3) is 0.385. The van der Waals surface area contributed by atoms with Crippen molar-refractivity contribution in [2.45, 2.75) is 39.3 Å². The number of nitrogens with zero attached hydrogens (tertiary/aromatic N) is 2. The Bertz CT molecular complexity index is 1060. The van der Waals surface area contributed by atoms with E-state index in [0.29, 0.717) is 18.5 Å². The average molecular weight is 515 g/mol. The van der Waals surface area contributed by atoms with E-state index in [9.17, 15) is 14.7 Å². The van der Waals surface area contributed by atoms with Crippen molar-refractivity contribution in [3.8, 4) is 5.75 Å². The monoisotopic (exact) mass is 514 g/mol. The van der Waals surface area contributed by atoms with Crippen LogP contribution in [0.15, 0.2) is 52.5 Å². The summed E-state index contributed by atoms with van der Waals surface area (Å²) < 4.78 is 6.69. The van der Waals surface area contributed by atoms with Crippen LogP contribution in [0.3, 0.4) is 0 Å². The van der Waals surface area contributed by atoms with E-state index in [1.54, 1.807) is 23.1 Å². The minimum atomic E-state index is -0.662. The number of aliphatic hydroxyl groups excluding tert-OH is 1. The van der Waals surface area contributed by atoms with Crippen LogP contribution in [0.2, 0.25) is 0 Å². The molecule has 1 saturated heterocycles. The summed E-state index contributed by atoms with van der Waals surface area (Å²) in [7, 11) is 3.94. The van der Waals surface area contributed by atoms with E-state index >= 15 is 0 Å². The summed E-state index contributed by atoms with van der Waals surface area (Å²) in [6.45, 7) is 6.99. The van der Waals surface area contributed by atoms with Crippen molar-refractivity contribution in [3.63, 3.8) is 0 Å². The van der Waals surface area contributed by atoms with Gasteiger partial charge in [-0.15, -0.1) is 0 Å². The van der Waals surface area contributed by atoms with Crippen molar-refractivity contribution in [2.75, 3.05) is 27.2 Å². The number of halogens is 1. The van der Waals surface area contributed by atoms with Crippen LogP contribution in [0.5, 0.6) is 5.75 Å². The Morgan fingerprint density at radius 2 is 1.82 bits per heavy atom. The predicted octanol–water partition coefficient (Wildman–Crippen LogP) is 4.92. The molecule has 2 aromatic carbocycles. The first-order valence-corrected chi connectivity index (χ1v) is 11.9. The number of ketones is 1. The van der Waals surface area contributed by atoms with Gasteiger partial charge in [0.05, 0.1) is 17.7 Å². The highest BCUT2D eigenvalue weighted by Gasteiger charge is 2.45. The molecule has 176 valence electrons. The van der Waals surface area contributed by atoms with Crippen LogP contribution >= 0.6 is 15.9 Å². The van der Waals surface area contributed by atoms with E-state index in [2.05, 4.69) is 15.9 Å². The van der Waals surface area contributed by atoms with Gasteiger partial charge in [-0.05, 0) is 89.3 Å². The molecule has 1 heterocycles. The molecule has 1 aliphatic rings. The van der Waals surface area contributed by atoms with Crippen molar-refractivity contribution in [1.29, 1.82) is 0 Å². The molecule has 0 spiro atoms. The van der Waals surface area contributed by atoms with Crippen LogP contribution in [0, 0.1) is 6.92 Å². The molecule has 7 heteroatoms. The van der Waals surface area contributed by atoms with Gasteiger partial charge in [0, 0.05) is 16.6 Å². The van der Waals surface area contributed by atoms with Crippen molar-refractivity contribution in [2.24, 2.45) is 0 Å². The van der Waals surface area contributed by atoms with Gasteiger partial charge >= 0.3 is 0 Å². The summed E-state index contributed by atoms with van der Waals surface area (Å²) in [4.78, 5) is 29.7. The third-order valence-electron chi connectivity index (χ3n) is 5.54. The Morgan fingerprint density at radius 3 is 2.39 bits per heavy atom. The van der Waals surface area contributed by atoms with Gasteiger partial charge in [-0.3, -0.25) is 9.59 Å². The van der Waals surface area contributed by atoms with Crippen molar-refractivity contribution >= 4 is 33.4 Å². The molecule has 0 bridgehead atoms. The smallest absolute Gasteiger partial charge is 0.295 e. The number of carbonyl (C=O) groups excluding carboxylic acids is 2. The number of ether oxygens (including phenoxy) is 1. The van der Waals surface area contributed by atoms with Crippen molar-refractivity contribution in [1.82, 2.24) is 9.80 Å². The van der Waals surface area contributed by atoms with Gasteiger partial charge in [0.2, 0.25) is 0 Å². The number of aryl methyl sites for hydroxylation is 1. The average Bonchev–Trinajstić information content (AvgIpc) is 2.99. The highest BCUT2D eigenvalue weighted by molar-refractivity contribution is 9.10. The molecular weight excluding hydrogens is 484 g/mol. The Labute approximate surface area is 204 Å². The van der Waals surface area contributed by atoms with Crippen LogP contribution in [0.4, 0.5) is 0 Å². The first-order chi connectivity index (χ1) is 15.6. The zero-order valence-electron chi connectivity index (χ0n) is 19.8. The second-order valence-corrected chi connectivity index (χ2v) is 9.76. The van der Waals surface area contributed by atoms with Crippen LogP contribution in [0.1, 0.15) is 43.0 Å². The zero-order chi connectivity index (χ0) is 24.3. The standard InChI is InChI=1S/C26H31BrN2O4/c1-16(2)33-21-12-9-19(15-17(21)3)24(30)22-23(18-7-10-20(27)11-8-18)29(26(32)25(22)31)14-6-13-28(4)5/h7-12,15-16,23,30H,6,13-14H2,1-5H3/t23-/m1/s1. The largest absolute Gasteiger partial charge is 0.507 e. The fourth-order valence-corrected chi connectivity index (χ4v) is 4.26. The number of aliphatic hydroxyl groups is 1. The SMILES string of the molecule is Cc1cc(C(O)=C2C(=O)C(=O)N(CCCN(C)C)[C@@H]2c2ccc(Br)cc2)ccc1OC(C)C. The summed E-state index contributed by atoms with van der Waals surface area (Å²) in [6, 6.07) is 12.1. The van der Waals surface area contributed by atoms with Crippen molar-refractivity contribution < 1.29 is 19.4 Å². The highest BCUT2D eigenvalue weighted by Crippen LogP contribution is 2.40. The molecule has 1 amide bonds. The predicted molar refractivity (Wildman–Crippen MR) is 133 cm³/mol. The Morgan fingerprint density at radius 1 is 1.15 bits per heavy atom. The lowest BCUT2D eigenvalue weighted by Crippen LogP contribution is -2.32. The van der Waals surface area contributed by atoms with Crippen molar-refractivity contribution in [3.05, 3.63) is 69.2 Å². The number of benzene rings is 2. The minimum absolute atomic E-state index is 0.0213. The maximum atomic E-state index is 13.1. The van der Waals surface area contributed by atoms with Gasteiger partial charge in [0.1, 0.15) is 11.5 Å². The number of likely N-dealkylation sites (tertiary alicyclic amines) is 1. The molecule has 2 aromatic rings. The van der Waals surface area contributed by atoms with E-state index in [0.717, 1.165) is 27.9 Å². The number of hydrogen-bond donors (Lipinski definition) is 1. The number of rotatable bonds is 8. The van der Waals surface area contributed by atoms with Gasteiger partial charge < -0.3 is 19.6 Å². The molecule has 6 nitrogen and oxygen atoms in total. The molecule has 1 atom stereocenters. The third kappa shape index (κ3) is 5.65. The molecule has 1 fully saturated rings. The Kier molecular flexibility index (Phi) is 7.97. The summed E-state index contributed by atoms with van der Waals surface area (Å²) in [5, 5.41) is 11.2. The number of carbonyl (C=O) groups is 2. The van der Waals surface area contributed by atoms with Gasteiger partial charge in [0.15, 0.2) is 0 Å². The molecule has 0 aliphatic carbocycles. The molecule has 3 rings (SSSR count). The number of amides is 1. The van der Waals surface area contributed by atoms with E-state index in [1.807, 2.05) is 64.0 Å². The summed E-state index contributed by atoms with van der Waals surface area (Å²) in [5.41, 5.74) is 2.22. The van der Waals surface area contributed by atoms with E-state index in [-0.39, 0.29) is 17.4 Å². The van der Waals surface area contributed by atoms with Crippen LogP contribution in [-0.4, -0.2) is 59.9 Å². The fourth-order valence-electron chi connectivity index (χ4n) is 4.00. The second-order valence-electron chi connectivity index (χ2n) is 8.85. The highest BCUT2D eigenvalue weighted by atomic mass is 79.9. The number of Topliss-reactive ketones (excluding diaryl/α,β-unsaturated/α-hetero) is 1. The quantitative estimate of drug-likeness (QED) is 0.307. The van der Waals surface area contributed by atoms with E-state index in [4.69, 9.17) is 4.74 Å². The van der Waals surface area contributed by atoms with E-state index in [1.165, 1.54) is 0 Å². The lowest BCUT2D eigenvalue weighted by Gasteiger charge is -2.26. The maximum absolute atomic E-state index is 13.1. The third-order valence-corrected chi connectivity index (χ3v) is 6.07. The van der Waals surface area contributed by atoms with Gasteiger partial charge in [-0.25, -0.2) is 0 Å². The molecule has 0 radical (unpaired) electrons. The zero-order valence-corrected chi connectivity index (χ0v) is 21.3. The molecular formula is C26H31BrN2O4. The maximum Gasteiger partial charge on any atom is 0.295 e. The molecule has 0 unspecified atom stereocenters. The summed E-state index contributed by atoms with van der Waals surface area (Å²) in [5.74, 6) is -0.698. The van der Waals surface area contributed by atoms with Gasteiger partial charge in [-0.2, -0.15) is 0 Å². The Balaban J connectivity index is 2.07. The van der Waals surface area contributed by atoms with Crippen LogP contribution < -0.4 is 4.74 Å². The normalized spacial score (nSPS) is 17.9. The molecule has 1 aliphatic heterocycles. The molecule has 1 N–H and O–H groups in total. The Hall–Kier alpha value is -2.64. The summed E-state index contributed by atoms with van der Waals surface area (Å²) in [6.07, 6.45) is 0.737. The number of hydrogen-bond acceptors (Lipinski definition) is 5. The molecule has 0 saturated carbocycles. The second kappa shape index (κ2) is 10.5. The molecule has 0 aromatic heterocycles.